The molecular weight excluding hydrogens is 220 g/mol. The molecule has 0 amide bonds. The molecule has 90 valence electrons. The van der Waals surface area contributed by atoms with Gasteiger partial charge in [-0.25, -0.2) is 0 Å². The number of nitrogens with one attached hydrogen (secondary N) is 2. The van der Waals surface area contributed by atoms with Crippen molar-refractivity contribution in [3.8, 4) is 0 Å². The zero-order chi connectivity index (χ0) is 11.9. The van der Waals surface area contributed by atoms with Gasteiger partial charge < -0.3 is 9.47 Å². The summed E-state index contributed by atoms with van der Waals surface area (Å²) in [5.41, 5.74) is 1.80. The number of aromatic nitrogens is 4. The topological polar surface area (TPSA) is 75.8 Å². The zero-order valence-corrected chi connectivity index (χ0v) is 9.68. The fraction of sp³-hybridized carbons (Fsp3) is 0.455. The van der Waals surface area contributed by atoms with Gasteiger partial charge >= 0.3 is 0 Å². The van der Waals surface area contributed by atoms with Crippen LogP contribution in [0.2, 0.25) is 0 Å². The third-order valence-corrected chi connectivity index (χ3v) is 2.75. The normalized spacial score (nSPS) is 27.4. The second-order valence-corrected chi connectivity index (χ2v) is 4.50. The molecule has 2 atom stereocenters. The Morgan fingerprint density at radius 1 is 1.00 bits per heavy atom. The van der Waals surface area contributed by atoms with Crippen LogP contribution in [0.1, 0.15) is 37.4 Å². The van der Waals surface area contributed by atoms with Crippen LogP contribution in [0.3, 0.4) is 0 Å². The molecule has 0 bridgehead atoms. The summed E-state index contributed by atoms with van der Waals surface area (Å²) in [4.78, 5) is 0. The zero-order valence-electron chi connectivity index (χ0n) is 9.68. The Morgan fingerprint density at radius 3 is 1.82 bits per heavy atom. The Kier molecular flexibility index (Phi) is 2.27. The molecular formula is C11H14N4O2. The Hall–Kier alpha value is -1.66. The van der Waals surface area contributed by atoms with E-state index in [-0.39, 0.29) is 12.2 Å². The smallest absolute Gasteiger partial charge is 0.164 e. The molecule has 2 N–H and O–H groups in total. The number of ether oxygens (including phenoxy) is 2. The number of rotatable bonds is 2. The first kappa shape index (κ1) is 10.5. The van der Waals surface area contributed by atoms with Gasteiger partial charge in [-0.15, -0.1) is 0 Å². The van der Waals surface area contributed by atoms with E-state index in [9.17, 15) is 0 Å². The minimum absolute atomic E-state index is 0.201. The largest absolute Gasteiger partial charge is 0.338 e. The average molecular weight is 234 g/mol. The van der Waals surface area contributed by atoms with Crippen LogP contribution in [0.5, 0.6) is 0 Å². The summed E-state index contributed by atoms with van der Waals surface area (Å²) in [6.07, 6.45) is 3.00. The molecule has 0 saturated carbocycles. The first-order chi connectivity index (χ1) is 8.16. The van der Waals surface area contributed by atoms with Crippen LogP contribution in [0.15, 0.2) is 24.5 Å². The summed E-state index contributed by atoms with van der Waals surface area (Å²) in [5.74, 6) is -0.619. The number of hydrogen-bond donors (Lipinski definition) is 2. The fourth-order valence-electron chi connectivity index (χ4n) is 2.07. The van der Waals surface area contributed by atoms with Crippen molar-refractivity contribution >= 4 is 0 Å². The molecule has 6 nitrogen and oxygen atoms in total. The van der Waals surface area contributed by atoms with Crippen molar-refractivity contribution in [3.63, 3.8) is 0 Å². The molecule has 1 saturated heterocycles. The molecule has 0 unspecified atom stereocenters. The summed E-state index contributed by atoms with van der Waals surface area (Å²) >= 11 is 0. The Labute approximate surface area is 98.3 Å². The van der Waals surface area contributed by atoms with Crippen molar-refractivity contribution in [1.29, 1.82) is 0 Å². The maximum Gasteiger partial charge on any atom is 0.164 e. The van der Waals surface area contributed by atoms with E-state index in [0.29, 0.717) is 0 Å². The van der Waals surface area contributed by atoms with Gasteiger partial charge in [0.1, 0.15) is 12.2 Å². The monoisotopic (exact) mass is 234 g/mol. The van der Waals surface area contributed by atoms with Gasteiger partial charge in [-0.2, -0.15) is 10.2 Å². The van der Waals surface area contributed by atoms with Crippen LogP contribution in [0.25, 0.3) is 0 Å². The van der Waals surface area contributed by atoms with Gasteiger partial charge in [0.05, 0.1) is 11.4 Å². The molecule has 17 heavy (non-hydrogen) atoms. The highest BCUT2D eigenvalue weighted by Gasteiger charge is 2.44. The first-order valence-electron chi connectivity index (χ1n) is 5.50. The molecule has 1 fully saturated rings. The van der Waals surface area contributed by atoms with Gasteiger partial charge in [0.2, 0.25) is 0 Å². The lowest BCUT2D eigenvalue weighted by molar-refractivity contribution is -0.148. The molecule has 6 heteroatoms. The van der Waals surface area contributed by atoms with Crippen LogP contribution in [-0.2, 0) is 9.47 Å². The van der Waals surface area contributed by atoms with E-state index in [4.69, 9.17) is 9.47 Å². The summed E-state index contributed by atoms with van der Waals surface area (Å²) in [5, 5.41) is 13.7. The maximum absolute atomic E-state index is 5.89. The number of hydrogen-bond acceptors (Lipinski definition) is 4. The van der Waals surface area contributed by atoms with Gasteiger partial charge in [-0.3, -0.25) is 10.2 Å². The van der Waals surface area contributed by atoms with Gasteiger partial charge in [-0.05, 0) is 26.0 Å². The van der Waals surface area contributed by atoms with Crippen LogP contribution in [0, 0.1) is 0 Å². The van der Waals surface area contributed by atoms with E-state index in [2.05, 4.69) is 20.4 Å². The van der Waals surface area contributed by atoms with E-state index in [1.807, 2.05) is 26.0 Å². The summed E-state index contributed by atoms with van der Waals surface area (Å²) in [6, 6.07) is 3.78. The Bertz CT molecular complexity index is 433. The highest BCUT2D eigenvalue weighted by Crippen LogP contribution is 2.45. The molecule has 2 aromatic heterocycles. The molecule has 0 aliphatic carbocycles. The minimum atomic E-state index is -0.619. The Balaban J connectivity index is 1.95. The first-order valence-corrected chi connectivity index (χ1v) is 5.50. The SMILES string of the molecule is CC1(C)O[C@H](c2ccn[nH]2)[C@@H](c2ccn[nH]2)O1. The van der Waals surface area contributed by atoms with E-state index in [1.165, 1.54) is 0 Å². The lowest BCUT2D eigenvalue weighted by Crippen LogP contribution is -2.20. The van der Waals surface area contributed by atoms with Crippen molar-refractivity contribution < 1.29 is 9.47 Å². The van der Waals surface area contributed by atoms with E-state index < -0.39 is 5.79 Å². The average Bonchev–Trinajstić information content (AvgIpc) is 2.93. The number of nitrogens with zero attached hydrogens (tertiary/aromatic N) is 2. The molecule has 2 aromatic rings. The quantitative estimate of drug-likeness (QED) is 0.829. The molecule has 3 heterocycles. The van der Waals surface area contributed by atoms with Crippen molar-refractivity contribution in [2.45, 2.75) is 31.8 Å². The van der Waals surface area contributed by atoms with Gasteiger partial charge in [0.25, 0.3) is 0 Å². The molecule has 0 spiro atoms. The maximum atomic E-state index is 5.89. The van der Waals surface area contributed by atoms with Crippen LogP contribution < -0.4 is 0 Å². The highest BCUT2D eigenvalue weighted by molar-refractivity contribution is 5.14. The van der Waals surface area contributed by atoms with Crippen LogP contribution >= 0.6 is 0 Å². The fourth-order valence-corrected chi connectivity index (χ4v) is 2.07. The second kappa shape index (κ2) is 3.68. The van der Waals surface area contributed by atoms with Gasteiger partial charge in [0, 0.05) is 12.4 Å². The third kappa shape index (κ3) is 1.85. The lowest BCUT2D eigenvalue weighted by Gasteiger charge is -2.16. The second-order valence-electron chi connectivity index (χ2n) is 4.50. The summed E-state index contributed by atoms with van der Waals surface area (Å²) < 4.78 is 11.8. The molecule has 1 aliphatic heterocycles. The molecule has 1 aliphatic rings. The summed E-state index contributed by atoms with van der Waals surface area (Å²) in [6.45, 7) is 3.79. The lowest BCUT2D eigenvalue weighted by atomic mass is 10.1. The minimum Gasteiger partial charge on any atom is -0.338 e. The van der Waals surface area contributed by atoms with E-state index in [1.54, 1.807) is 12.4 Å². The molecule has 0 aromatic carbocycles. The van der Waals surface area contributed by atoms with Crippen molar-refractivity contribution in [3.05, 3.63) is 35.9 Å². The predicted octanol–water partition coefficient (Wildman–Crippen LogP) is 1.70. The van der Waals surface area contributed by atoms with E-state index in [0.717, 1.165) is 11.4 Å². The van der Waals surface area contributed by atoms with Crippen LogP contribution in [-0.4, -0.2) is 26.2 Å². The molecule has 0 radical (unpaired) electrons. The van der Waals surface area contributed by atoms with E-state index >= 15 is 0 Å². The Morgan fingerprint density at radius 2 is 1.47 bits per heavy atom. The number of aromatic amines is 2. The van der Waals surface area contributed by atoms with Crippen molar-refractivity contribution in [2.24, 2.45) is 0 Å². The van der Waals surface area contributed by atoms with Crippen LogP contribution in [0.4, 0.5) is 0 Å². The third-order valence-electron chi connectivity index (χ3n) is 2.75. The highest BCUT2D eigenvalue weighted by atomic mass is 16.8. The van der Waals surface area contributed by atoms with Crippen molar-refractivity contribution in [2.75, 3.05) is 0 Å². The van der Waals surface area contributed by atoms with Crippen molar-refractivity contribution in [1.82, 2.24) is 20.4 Å². The predicted molar refractivity (Wildman–Crippen MR) is 58.9 cm³/mol. The number of H-pyrrole nitrogens is 2. The summed E-state index contributed by atoms with van der Waals surface area (Å²) in [7, 11) is 0. The molecule has 3 rings (SSSR count). The standard InChI is InChI=1S/C11H14N4O2/c1-11(2)16-9(7-3-5-12-14-7)10(17-11)8-4-6-13-15-8/h3-6,9-10H,1-2H3,(H,12,14)(H,13,15)/t9-,10-/m1/s1. The van der Waals surface area contributed by atoms with Gasteiger partial charge in [0.15, 0.2) is 5.79 Å². The van der Waals surface area contributed by atoms with Gasteiger partial charge in [-0.1, -0.05) is 0 Å².